The minimum Gasteiger partial charge on any atom is -0.486 e. The van der Waals surface area contributed by atoms with Gasteiger partial charge in [0.2, 0.25) is 0 Å². The zero-order valence-electron chi connectivity index (χ0n) is 15.7. The van der Waals surface area contributed by atoms with E-state index in [-0.39, 0.29) is 12.0 Å². The Morgan fingerprint density at radius 1 is 1.21 bits per heavy atom. The van der Waals surface area contributed by atoms with Crippen molar-refractivity contribution >= 4 is 17.2 Å². The van der Waals surface area contributed by atoms with Crippen LogP contribution in [-0.4, -0.2) is 45.1 Å². The van der Waals surface area contributed by atoms with Gasteiger partial charge in [-0.1, -0.05) is 17.3 Å². The van der Waals surface area contributed by atoms with E-state index in [1.165, 1.54) is 11.3 Å². The predicted octanol–water partition coefficient (Wildman–Crippen LogP) is 3.59. The Morgan fingerprint density at radius 3 is 2.71 bits per heavy atom. The molecule has 1 aliphatic carbocycles. The van der Waals surface area contributed by atoms with E-state index < -0.39 is 0 Å². The molecule has 3 heterocycles. The molecule has 1 aromatic carbocycles. The molecule has 7 nitrogen and oxygen atoms in total. The summed E-state index contributed by atoms with van der Waals surface area (Å²) in [6.07, 6.45) is 2.20. The molecule has 0 radical (unpaired) electrons. The molecule has 3 aromatic rings. The van der Waals surface area contributed by atoms with Crippen molar-refractivity contribution < 1.29 is 14.1 Å². The topological polar surface area (TPSA) is 81.4 Å². The zero-order valence-corrected chi connectivity index (χ0v) is 16.5. The van der Waals surface area contributed by atoms with Gasteiger partial charge in [-0.15, -0.1) is 11.3 Å². The summed E-state index contributed by atoms with van der Waals surface area (Å²) < 4.78 is 11.6. The largest absolute Gasteiger partial charge is 0.486 e. The van der Waals surface area contributed by atoms with Gasteiger partial charge >= 0.3 is 0 Å². The fraction of sp³-hybridized carbons (Fsp3) is 0.400. The van der Waals surface area contributed by atoms with Gasteiger partial charge in [0.1, 0.15) is 16.7 Å². The Morgan fingerprint density at radius 2 is 2.00 bits per heavy atom. The minimum atomic E-state index is -0.0507. The van der Waals surface area contributed by atoms with Gasteiger partial charge in [0.15, 0.2) is 5.82 Å². The fourth-order valence-electron chi connectivity index (χ4n) is 3.33. The molecule has 1 amide bonds. The second-order valence-electron chi connectivity index (χ2n) is 7.33. The highest BCUT2D eigenvalue weighted by atomic mass is 32.1. The number of ether oxygens (including phenoxy) is 1. The highest BCUT2D eigenvalue weighted by Crippen LogP contribution is 2.40. The van der Waals surface area contributed by atoms with Crippen LogP contribution in [0.2, 0.25) is 0 Å². The monoisotopic (exact) mass is 396 g/mol. The molecule has 0 atom stereocenters. The number of aromatic nitrogens is 3. The van der Waals surface area contributed by atoms with E-state index in [4.69, 9.17) is 9.26 Å². The van der Waals surface area contributed by atoms with E-state index in [1.54, 1.807) is 4.90 Å². The van der Waals surface area contributed by atoms with Crippen molar-refractivity contribution in [3.8, 4) is 17.2 Å². The van der Waals surface area contributed by atoms with E-state index in [2.05, 4.69) is 15.1 Å². The molecular weight excluding hydrogens is 376 g/mol. The van der Waals surface area contributed by atoms with E-state index in [0.717, 1.165) is 39.8 Å². The van der Waals surface area contributed by atoms with Crippen LogP contribution < -0.4 is 4.74 Å². The Hall–Kier alpha value is -2.74. The number of amides is 1. The molecule has 0 unspecified atom stereocenters. The third-order valence-electron chi connectivity index (χ3n) is 5.03. The molecule has 28 heavy (non-hydrogen) atoms. The molecule has 5 rings (SSSR count). The molecule has 0 N–H and O–H groups in total. The van der Waals surface area contributed by atoms with E-state index >= 15 is 0 Å². The third-order valence-corrected chi connectivity index (χ3v) is 6.09. The maximum Gasteiger partial charge on any atom is 0.266 e. The first-order valence-corrected chi connectivity index (χ1v) is 10.2. The number of likely N-dealkylation sites (tertiary alicyclic amines) is 1. The van der Waals surface area contributed by atoms with E-state index in [0.29, 0.717) is 30.6 Å². The molecule has 1 aliphatic heterocycles. The van der Waals surface area contributed by atoms with Crippen LogP contribution in [0.5, 0.6) is 5.75 Å². The average Bonchev–Trinajstić information content (AvgIpc) is 3.28. The van der Waals surface area contributed by atoms with Gasteiger partial charge in [0, 0.05) is 5.92 Å². The lowest BCUT2D eigenvalue weighted by atomic mass is 10.1. The molecule has 2 fully saturated rings. The first-order valence-electron chi connectivity index (χ1n) is 9.41. The second-order valence-corrected chi connectivity index (χ2v) is 8.53. The second kappa shape index (κ2) is 6.70. The lowest BCUT2D eigenvalue weighted by Gasteiger charge is -2.39. The van der Waals surface area contributed by atoms with E-state index in [9.17, 15) is 4.79 Å². The predicted molar refractivity (Wildman–Crippen MR) is 104 cm³/mol. The molecule has 0 spiro atoms. The van der Waals surface area contributed by atoms with E-state index in [1.807, 2.05) is 38.1 Å². The number of carbonyl (C=O) groups is 1. The highest BCUT2D eigenvalue weighted by Gasteiger charge is 2.35. The Balaban J connectivity index is 1.26. The fourth-order valence-corrected chi connectivity index (χ4v) is 4.22. The quantitative estimate of drug-likeness (QED) is 0.656. The summed E-state index contributed by atoms with van der Waals surface area (Å²) >= 11 is 1.44. The van der Waals surface area contributed by atoms with Crippen LogP contribution >= 0.6 is 11.3 Å². The van der Waals surface area contributed by atoms with Crippen molar-refractivity contribution in [2.24, 2.45) is 0 Å². The first-order chi connectivity index (χ1) is 13.6. The van der Waals surface area contributed by atoms with Crippen molar-refractivity contribution in [3.63, 3.8) is 0 Å². The number of benzene rings is 1. The Bertz CT molecular complexity index is 1030. The van der Waals surface area contributed by atoms with Gasteiger partial charge in [-0.25, -0.2) is 4.98 Å². The zero-order chi connectivity index (χ0) is 19.3. The SMILES string of the molecule is Cc1nc(C)c(C(=O)N2CC(Oc3ccccc3-c3nc(C4CC4)no3)C2)s1. The van der Waals surface area contributed by atoms with Crippen LogP contribution in [0.25, 0.3) is 11.5 Å². The number of aryl methyl sites for hydroxylation is 2. The molecular formula is C20H20N4O3S. The summed E-state index contributed by atoms with van der Waals surface area (Å²) in [6.45, 7) is 4.90. The summed E-state index contributed by atoms with van der Waals surface area (Å²) in [6, 6.07) is 7.67. The maximum atomic E-state index is 12.6. The molecule has 8 heteroatoms. The molecule has 1 saturated carbocycles. The number of rotatable bonds is 5. The summed E-state index contributed by atoms with van der Waals surface area (Å²) in [5.74, 6) is 2.44. The van der Waals surface area contributed by atoms with Gasteiger partial charge in [-0.3, -0.25) is 4.79 Å². The average molecular weight is 396 g/mol. The standard InChI is InChI=1S/C20H20N4O3S/c1-11-17(28-12(2)21-11)20(25)24-9-14(10-24)26-16-6-4-3-5-15(16)19-22-18(23-27-19)13-7-8-13/h3-6,13-14H,7-10H2,1-2H3. The molecule has 144 valence electrons. The minimum absolute atomic E-state index is 0.0298. The van der Waals surface area contributed by atoms with Gasteiger partial charge in [0.25, 0.3) is 11.8 Å². The summed E-state index contributed by atoms with van der Waals surface area (Å²) in [7, 11) is 0. The van der Waals surface area contributed by atoms with Crippen molar-refractivity contribution in [3.05, 3.63) is 45.7 Å². The lowest BCUT2D eigenvalue weighted by Crippen LogP contribution is -2.56. The summed E-state index contributed by atoms with van der Waals surface area (Å²) in [5, 5.41) is 5.00. The van der Waals surface area contributed by atoms with Crippen molar-refractivity contribution in [1.82, 2.24) is 20.0 Å². The van der Waals surface area contributed by atoms with Crippen LogP contribution in [-0.2, 0) is 0 Å². The van der Waals surface area contributed by atoms with Crippen LogP contribution in [0.3, 0.4) is 0 Å². The Kier molecular flexibility index (Phi) is 4.16. The van der Waals surface area contributed by atoms with Crippen LogP contribution in [0.15, 0.2) is 28.8 Å². The van der Waals surface area contributed by atoms with Gasteiger partial charge in [-0.05, 0) is 38.8 Å². The Labute approximate surface area is 166 Å². The smallest absolute Gasteiger partial charge is 0.266 e. The normalized spacial score (nSPS) is 16.9. The first kappa shape index (κ1) is 17.4. The van der Waals surface area contributed by atoms with Gasteiger partial charge < -0.3 is 14.2 Å². The van der Waals surface area contributed by atoms with Gasteiger partial charge in [-0.2, -0.15) is 4.98 Å². The van der Waals surface area contributed by atoms with Crippen molar-refractivity contribution in [2.75, 3.05) is 13.1 Å². The molecule has 1 saturated heterocycles. The maximum absolute atomic E-state index is 12.6. The number of carbonyl (C=O) groups excluding carboxylic acids is 1. The number of hydrogen-bond donors (Lipinski definition) is 0. The highest BCUT2D eigenvalue weighted by molar-refractivity contribution is 7.13. The molecule has 2 aliphatic rings. The van der Waals surface area contributed by atoms with Crippen LogP contribution in [0.1, 0.15) is 45.0 Å². The third kappa shape index (κ3) is 3.17. The summed E-state index contributed by atoms with van der Waals surface area (Å²) in [4.78, 5) is 24.0. The summed E-state index contributed by atoms with van der Waals surface area (Å²) in [5.41, 5.74) is 1.59. The van der Waals surface area contributed by atoms with Crippen molar-refractivity contribution in [2.45, 2.75) is 38.7 Å². The van der Waals surface area contributed by atoms with Crippen molar-refractivity contribution in [1.29, 1.82) is 0 Å². The molecule has 2 aromatic heterocycles. The number of thiazole rings is 1. The lowest BCUT2D eigenvalue weighted by molar-refractivity contribution is 0.0182. The number of para-hydroxylation sites is 1. The number of nitrogens with zero attached hydrogens (tertiary/aromatic N) is 4. The van der Waals surface area contributed by atoms with Crippen LogP contribution in [0.4, 0.5) is 0 Å². The molecule has 0 bridgehead atoms. The number of hydrogen-bond acceptors (Lipinski definition) is 7. The van der Waals surface area contributed by atoms with Crippen LogP contribution in [0, 0.1) is 13.8 Å². The van der Waals surface area contributed by atoms with Gasteiger partial charge in [0.05, 0.1) is 29.4 Å².